The first-order valence-corrected chi connectivity index (χ1v) is 6.56. The summed E-state index contributed by atoms with van der Waals surface area (Å²) in [5.41, 5.74) is 2.43. The molecule has 0 aliphatic carbocycles. The highest BCUT2D eigenvalue weighted by Crippen LogP contribution is 2.30. The van der Waals surface area contributed by atoms with Crippen LogP contribution in [0.5, 0.6) is 0 Å². The Labute approximate surface area is 117 Å². The van der Waals surface area contributed by atoms with Crippen molar-refractivity contribution in [2.24, 2.45) is 0 Å². The Morgan fingerprint density at radius 2 is 2.00 bits per heavy atom. The SMILES string of the molecule is CNCc1ccc(-c2cccc3ccncc23)c(F)c1. The van der Waals surface area contributed by atoms with E-state index in [9.17, 15) is 4.39 Å². The Bertz CT molecular complexity index is 748. The summed E-state index contributed by atoms with van der Waals surface area (Å²) in [6, 6.07) is 13.2. The Hall–Kier alpha value is -2.26. The monoisotopic (exact) mass is 266 g/mol. The number of aromatic nitrogens is 1. The second-order valence-corrected chi connectivity index (χ2v) is 4.75. The van der Waals surface area contributed by atoms with E-state index in [4.69, 9.17) is 0 Å². The molecule has 1 heterocycles. The van der Waals surface area contributed by atoms with Crippen molar-refractivity contribution in [1.82, 2.24) is 10.3 Å². The van der Waals surface area contributed by atoms with Gasteiger partial charge in [-0.3, -0.25) is 4.98 Å². The van der Waals surface area contributed by atoms with Gasteiger partial charge in [-0.15, -0.1) is 0 Å². The molecule has 2 nitrogen and oxygen atoms in total. The molecule has 0 saturated heterocycles. The number of pyridine rings is 1. The fraction of sp³-hybridized carbons (Fsp3) is 0.118. The van der Waals surface area contributed by atoms with Crippen LogP contribution in [-0.2, 0) is 6.54 Å². The maximum absolute atomic E-state index is 14.3. The largest absolute Gasteiger partial charge is 0.316 e. The van der Waals surface area contributed by atoms with Crippen LogP contribution < -0.4 is 5.32 Å². The summed E-state index contributed by atoms with van der Waals surface area (Å²) in [6.45, 7) is 0.661. The molecule has 0 fully saturated rings. The lowest BCUT2D eigenvalue weighted by atomic mass is 9.98. The van der Waals surface area contributed by atoms with Crippen molar-refractivity contribution in [2.75, 3.05) is 7.05 Å². The maximum atomic E-state index is 14.3. The van der Waals surface area contributed by atoms with Crippen molar-refractivity contribution in [3.63, 3.8) is 0 Å². The molecule has 0 aliphatic heterocycles. The molecule has 0 amide bonds. The summed E-state index contributed by atoms with van der Waals surface area (Å²) in [5.74, 6) is -0.200. The van der Waals surface area contributed by atoms with E-state index in [1.165, 1.54) is 0 Å². The number of halogens is 1. The fourth-order valence-electron chi connectivity index (χ4n) is 2.44. The summed E-state index contributed by atoms with van der Waals surface area (Å²) in [4.78, 5) is 4.14. The highest BCUT2D eigenvalue weighted by Gasteiger charge is 2.09. The third-order valence-electron chi connectivity index (χ3n) is 3.39. The molecule has 2 aromatic carbocycles. The predicted molar refractivity (Wildman–Crippen MR) is 79.9 cm³/mol. The number of hydrogen-bond acceptors (Lipinski definition) is 2. The van der Waals surface area contributed by atoms with Gasteiger partial charge in [-0.25, -0.2) is 4.39 Å². The molecule has 3 aromatic rings. The molecule has 100 valence electrons. The average Bonchev–Trinajstić information content (AvgIpc) is 2.47. The van der Waals surface area contributed by atoms with Crippen LogP contribution in [-0.4, -0.2) is 12.0 Å². The first-order chi connectivity index (χ1) is 9.79. The van der Waals surface area contributed by atoms with Gasteiger partial charge in [-0.05, 0) is 35.7 Å². The molecule has 0 radical (unpaired) electrons. The van der Waals surface area contributed by atoms with Gasteiger partial charge < -0.3 is 5.32 Å². The Morgan fingerprint density at radius 1 is 1.10 bits per heavy atom. The number of nitrogens with zero attached hydrogens (tertiary/aromatic N) is 1. The van der Waals surface area contributed by atoms with Gasteiger partial charge in [-0.1, -0.05) is 30.3 Å². The topological polar surface area (TPSA) is 24.9 Å². The van der Waals surface area contributed by atoms with Crippen molar-refractivity contribution in [3.05, 3.63) is 66.2 Å². The minimum atomic E-state index is -0.200. The zero-order valence-corrected chi connectivity index (χ0v) is 11.2. The maximum Gasteiger partial charge on any atom is 0.131 e. The molecule has 0 bridgehead atoms. The van der Waals surface area contributed by atoms with E-state index in [0.29, 0.717) is 12.1 Å². The lowest BCUT2D eigenvalue weighted by Crippen LogP contribution is -2.05. The van der Waals surface area contributed by atoms with E-state index >= 15 is 0 Å². The molecule has 20 heavy (non-hydrogen) atoms. The predicted octanol–water partition coefficient (Wildman–Crippen LogP) is 3.76. The Kier molecular flexibility index (Phi) is 3.44. The standard InChI is InChI=1S/C17H15FN2/c1-19-10-12-5-6-15(17(18)9-12)14-4-2-3-13-7-8-20-11-16(13)14/h2-9,11,19H,10H2,1H3. The first-order valence-electron chi connectivity index (χ1n) is 6.56. The van der Waals surface area contributed by atoms with Gasteiger partial charge in [0.1, 0.15) is 5.82 Å². The first kappa shape index (κ1) is 12.8. The van der Waals surface area contributed by atoms with E-state index in [2.05, 4.69) is 10.3 Å². The molecular formula is C17H15FN2. The van der Waals surface area contributed by atoms with Crippen molar-refractivity contribution in [3.8, 4) is 11.1 Å². The highest BCUT2D eigenvalue weighted by atomic mass is 19.1. The Morgan fingerprint density at radius 3 is 2.80 bits per heavy atom. The van der Waals surface area contributed by atoms with Crippen molar-refractivity contribution in [1.29, 1.82) is 0 Å². The lowest BCUT2D eigenvalue weighted by molar-refractivity contribution is 0.627. The van der Waals surface area contributed by atoms with Crippen LogP contribution in [0, 0.1) is 5.82 Å². The van der Waals surface area contributed by atoms with Crippen molar-refractivity contribution >= 4 is 10.8 Å². The minimum Gasteiger partial charge on any atom is -0.316 e. The van der Waals surface area contributed by atoms with Gasteiger partial charge in [0.2, 0.25) is 0 Å². The fourth-order valence-corrected chi connectivity index (χ4v) is 2.44. The molecule has 1 N–H and O–H groups in total. The molecule has 1 aromatic heterocycles. The summed E-state index contributed by atoms with van der Waals surface area (Å²) >= 11 is 0. The second-order valence-electron chi connectivity index (χ2n) is 4.75. The number of hydrogen-bond donors (Lipinski definition) is 1. The molecule has 0 spiro atoms. The minimum absolute atomic E-state index is 0.200. The quantitative estimate of drug-likeness (QED) is 0.780. The van der Waals surface area contributed by atoms with Crippen LogP contribution in [0.3, 0.4) is 0 Å². The van der Waals surface area contributed by atoms with Gasteiger partial charge in [-0.2, -0.15) is 0 Å². The molecule has 3 rings (SSSR count). The van der Waals surface area contributed by atoms with Crippen molar-refractivity contribution in [2.45, 2.75) is 6.54 Å². The van der Waals surface area contributed by atoms with Crippen LogP contribution >= 0.6 is 0 Å². The van der Waals surface area contributed by atoms with Crippen LogP contribution in [0.2, 0.25) is 0 Å². The summed E-state index contributed by atoms with van der Waals surface area (Å²) < 4.78 is 14.3. The van der Waals surface area contributed by atoms with E-state index in [-0.39, 0.29) is 5.82 Å². The molecule has 0 unspecified atom stereocenters. The van der Waals surface area contributed by atoms with Gasteiger partial charge in [0.15, 0.2) is 0 Å². The highest BCUT2D eigenvalue weighted by molar-refractivity contribution is 5.96. The van der Waals surface area contributed by atoms with Crippen LogP contribution in [0.1, 0.15) is 5.56 Å². The number of nitrogens with one attached hydrogen (secondary N) is 1. The Balaban J connectivity index is 2.16. The second kappa shape index (κ2) is 5.39. The zero-order valence-electron chi connectivity index (χ0n) is 11.2. The summed E-state index contributed by atoms with van der Waals surface area (Å²) in [5, 5.41) is 5.06. The van der Waals surface area contributed by atoms with Crippen LogP contribution in [0.4, 0.5) is 4.39 Å². The van der Waals surface area contributed by atoms with Gasteiger partial charge in [0.05, 0.1) is 0 Å². The zero-order chi connectivity index (χ0) is 13.9. The lowest BCUT2D eigenvalue weighted by Gasteiger charge is -2.09. The van der Waals surface area contributed by atoms with E-state index < -0.39 is 0 Å². The van der Waals surface area contributed by atoms with Gasteiger partial charge in [0.25, 0.3) is 0 Å². The number of fused-ring (bicyclic) bond motifs is 1. The van der Waals surface area contributed by atoms with Crippen LogP contribution in [0.15, 0.2) is 54.9 Å². The third-order valence-corrected chi connectivity index (χ3v) is 3.39. The molecule has 0 atom stereocenters. The van der Waals surface area contributed by atoms with Crippen molar-refractivity contribution < 1.29 is 4.39 Å². The smallest absolute Gasteiger partial charge is 0.131 e. The number of rotatable bonds is 3. The summed E-state index contributed by atoms with van der Waals surface area (Å²) in [7, 11) is 1.85. The van der Waals surface area contributed by atoms with E-state index in [1.807, 2.05) is 43.4 Å². The number of benzene rings is 2. The van der Waals surface area contributed by atoms with E-state index in [0.717, 1.165) is 21.9 Å². The molecule has 3 heteroatoms. The van der Waals surface area contributed by atoms with E-state index in [1.54, 1.807) is 18.5 Å². The van der Waals surface area contributed by atoms with Gasteiger partial charge in [0, 0.05) is 29.9 Å². The molecule has 0 aliphatic rings. The summed E-state index contributed by atoms with van der Waals surface area (Å²) in [6.07, 6.45) is 3.53. The normalized spacial score (nSPS) is 10.9. The molecule has 0 saturated carbocycles. The average molecular weight is 266 g/mol. The van der Waals surface area contributed by atoms with Gasteiger partial charge >= 0.3 is 0 Å². The van der Waals surface area contributed by atoms with Crippen LogP contribution in [0.25, 0.3) is 21.9 Å². The third kappa shape index (κ3) is 2.28. The molecular weight excluding hydrogens is 251 g/mol.